The molecule has 0 saturated carbocycles. The average Bonchev–Trinajstić information content (AvgIpc) is 3.08. The van der Waals surface area contributed by atoms with E-state index in [0.717, 1.165) is 37.5 Å². The first-order valence-corrected chi connectivity index (χ1v) is 10.2. The van der Waals surface area contributed by atoms with Crippen LogP contribution in [-0.2, 0) is 32.4 Å². The Labute approximate surface area is 161 Å². The third-order valence-corrected chi connectivity index (χ3v) is 5.42. The number of nitrogens with one attached hydrogen (secondary N) is 1. The largest absolute Gasteiger partial charge is 0.449 e. The SMILES string of the molecule is C[C@H](OC(=O)c1cc(S(N)(=O)=O)ccc1F)C(=O)Nc1ccc2c(c1)CCC2. The molecule has 0 unspecified atom stereocenters. The number of sulfonamides is 1. The van der Waals surface area contributed by atoms with Gasteiger partial charge in [0.2, 0.25) is 10.0 Å². The number of nitrogens with two attached hydrogens (primary N) is 1. The van der Waals surface area contributed by atoms with Crippen LogP contribution in [0.2, 0.25) is 0 Å². The lowest BCUT2D eigenvalue weighted by Crippen LogP contribution is -2.30. The smallest absolute Gasteiger partial charge is 0.341 e. The van der Waals surface area contributed by atoms with E-state index < -0.39 is 44.3 Å². The van der Waals surface area contributed by atoms with E-state index in [9.17, 15) is 22.4 Å². The maximum absolute atomic E-state index is 13.9. The molecular formula is C19H19FN2O5S. The van der Waals surface area contributed by atoms with Crippen LogP contribution in [0.15, 0.2) is 41.3 Å². The number of hydrogen-bond acceptors (Lipinski definition) is 5. The predicted molar refractivity (Wildman–Crippen MR) is 99.7 cm³/mol. The van der Waals surface area contributed by atoms with Crippen LogP contribution in [-0.4, -0.2) is 26.4 Å². The number of fused-ring (bicyclic) bond motifs is 1. The lowest BCUT2D eigenvalue weighted by molar-refractivity contribution is -0.123. The first-order chi connectivity index (χ1) is 13.1. The van der Waals surface area contributed by atoms with Crippen molar-refractivity contribution in [1.82, 2.24) is 0 Å². The number of aryl methyl sites for hydroxylation is 2. The quantitative estimate of drug-likeness (QED) is 0.738. The number of carbonyl (C=O) groups excluding carboxylic acids is 2. The van der Waals surface area contributed by atoms with Gasteiger partial charge < -0.3 is 10.1 Å². The third-order valence-electron chi connectivity index (χ3n) is 4.51. The van der Waals surface area contributed by atoms with E-state index in [1.165, 1.54) is 18.1 Å². The summed E-state index contributed by atoms with van der Waals surface area (Å²) >= 11 is 0. The summed E-state index contributed by atoms with van der Waals surface area (Å²) in [7, 11) is -4.12. The summed E-state index contributed by atoms with van der Waals surface area (Å²) in [6, 6.07) is 8.10. The highest BCUT2D eigenvalue weighted by atomic mass is 32.2. The zero-order valence-electron chi connectivity index (χ0n) is 15.1. The van der Waals surface area contributed by atoms with Crippen molar-refractivity contribution in [3.8, 4) is 0 Å². The number of benzene rings is 2. The maximum atomic E-state index is 13.9. The topological polar surface area (TPSA) is 116 Å². The van der Waals surface area contributed by atoms with Gasteiger partial charge in [-0.1, -0.05) is 6.07 Å². The van der Waals surface area contributed by atoms with Crippen molar-refractivity contribution in [3.05, 3.63) is 58.9 Å². The molecule has 2 aromatic carbocycles. The average molecular weight is 406 g/mol. The van der Waals surface area contributed by atoms with E-state index >= 15 is 0 Å². The van der Waals surface area contributed by atoms with Crippen LogP contribution in [0, 0.1) is 5.82 Å². The summed E-state index contributed by atoms with van der Waals surface area (Å²) in [4.78, 5) is 24.0. The number of amides is 1. The van der Waals surface area contributed by atoms with Gasteiger partial charge in [0.25, 0.3) is 5.91 Å². The Bertz CT molecular complexity index is 1050. The van der Waals surface area contributed by atoms with Gasteiger partial charge in [0, 0.05) is 5.69 Å². The number of anilines is 1. The van der Waals surface area contributed by atoms with Crippen LogP contribution < -0.4 is 10.5 Å². The van der Waals surface area contributed by atoms with E-state index in [0.29, 0.717) is 5.69 Å². The number of ether oxygens (including phenoxy) is 1. The Morgan fingerprint density at radius 1 is 1.14 bits per heavy atom. The predicted octanol–water partition coefficient (Wildman–Crippen LogP) is 2.15. The number of primary sulfonamides is 1. The van der Waals surface area contributed by atoms with Crippen molar-refractivity contribution in [2.75, 3.05) is 5.32 Å². The molecule has 7 nitrogen and oxygen atoms in total. The van der Waals surface area contributed by atoms with Gasteiger partial charge >= 0.3 is 5.97 Å². The number of carbonyl (C=O) groups is 2. The molecule has 0 aliphatic heterocycles. The standard InChI is InChI=1S/C19H19FN2O5S/c1-11(18(23)22-14-6-5-12-3-2-4-13(12)9-14)27-19(24)16-10-15(28(21,25)26)7-8-17(16)20/h5-11H,2-4H2,1H3,(H,22,23)(H2,21,25,26)/t11-/m0/s1. The van der Waals surface area contributed by atoms with E-state index in [2.05, 4.69) is 5.32 Å². The number of rotatable bonds is 5. The van der Waals surface area contributed by atoms with Crippen molar-refractivity contribution in [2.45, 2.75) is 37.2 Å². The molecular weight excluding hydrogens is 387 g/mol. The van der Waals surface area contributed by atoms with Gasteiger partial charge in [-0.15, -0.1) is 0 Å². The Morgan fingerprint density at radius 3 is 2.57 bits per heavy atom. The molecule has 1 aliphatic carbocycles. The Hall–Kier alpha value is -2.78. The van der Waals surface area contributed by atoms with Crippen molar-refractivity contribution in [2.24, 2.45) is 5.14 Å². The second kappa shape index (κ2) is 7.69. The molecule has 9 heteroatoms. The second-order valence-corrected chi connectivity index (χ2v) is 8.12. The van der Waals surface area contributed by atoms with E-state index in [-0.39, 0.29) is 0 Å². The molecule has 0 heterocycles. The first kappa shape index (κ1) is 20.0. The van der Waals surface area contributed by atoms with Gasteiger partial charge in [0.05, 0.1) is 10.5 Å². The van der Waals surface area contributed by atoms with Gasteiger partial charge in [-0.3, -0.25) is 4.79 Å². The van der Waals surface area contributed by atoms with Crippen molar-refractivity contribution < 1.29 is 27.1 Å². The van der Waals surface area contributed by atoms with Crippen molar-refractivity contribution in [3.63, 3.8) is 0 Å². The molecule has 3 rings (SSSR count). The van der Waals surface area contributed by atoms with Gasteiger partial charge in [-0.25, -0.2) is 22.7 Å². The molecule has 2 aromatic rings. The summed E-state index contributed by atoms with van der Waals surface area (Å²) < 4.78 is 41.6. The minimum Gasteiger partial charge on any atom is -0.449 e. The molecule has 0 saturated heterocycles. The van der Waals surface area contributed by atoms with Gasteiger partial charge in [-0.2, -0.15) is 0 Å². The molecule has 0 aromatic heterocycles. The van der Waals surface area contributed by atoms with Crippen molar-refractivity contribution >= 4 is 27.6 Å². The lowest BCUT2D eigenvalue weighted by atomic mass is 10.1. The third kappa shape index (κ3) is 4.37. The molecule has 148 valence electrons. The van der Waals surface area contributed by atoms with Crippen LogP contribution in [0.5, 0.6) is 0 Å². The molecule has 0 bridgehead atoms. The monoisotopic (exact) mass is 406 g/mol. The van der Waals surface area contributed by atoms with Gasteiger partial charge in [0.15, 0.2) is 6.10 Å². The van der Waals surface area contributed by atoms with Gasteiger partial charge in [0.1, 0.15) is 5.82 Å². The molecule has 0 fully saturated rings. The van der Waals surface area contributed by atoms with E-state index in [4.69, 9.17) is 9.88 Å². The molecule has 1 aliphatic rings. The van der Waals surface area contributed by atoms with Crippen LogP contribution in [0.25, 0.3) is 0 Å². The Balaban J connectivity index is 1.69. The Kier molecular flexibility index (Phi) is 5.48. The highest BCUT2D eigenvalue weighted by molar-refractivity contribution is 7.89. The van der Waals surface area contributed by atoms with E-state index in [1.54, 1.807) is 6.07 Å². The fourth-order valence-corrected chi connectivity index (χ4v) is 3.55. The zero-order chi connectivity index (χ0) is 20.5. The molecule has 28 heavy (non-hydrogen) atoms. The summed E-state index contributed by atoms with van der Waals surface area (Å²) in [6.07, 6.45) is 1.81. The normalized spacial score (nSPS) is 14.2. The summed E-state index contributed by atoms with van der Waals surface area (Å²) in [5, 5.41) is 7.64. The lowest BCUT2D eigenvalue weighted by Gasteiger charge is -2.14. The second-order valence-electron chi connectivity index (χ2n) is 6.56. The fourth-order valence-electron chi connectivity index (χ4n) is 3.01. The van der Waals surface area contributed by atoms with Crippen LogP contribution in [0.4, 0.5) is 10.1 Å². The van der Waals surface area contributed by atoms with Gasteiger partial charge in [-0.05, 0) is 67.6 Å². The zero-order valence-corrected chi connectivity index (χ0v) is 15.9. The first-order valence-electron chi connectivity index (χ1n) is 8.61. The highest BCUT2D eigenvalue weighted by Crippen LogP contribution is 2.25. The molecule has 3 N–H and O–H groups in total. The van der Waals surface area contributed by atoms with Crippen LogP contribution >= 0.6 is 0 Å². The highest BCUT2D eigenvalue weighted by Gasteiger charge is 2.23. The molecule has 0 radical (unpaired) electrons. The molecule has 1 atom stereocenters. The van der Waals surface area contributed by atoms with Crippen LogP contribution in [0.3, 0.4) is 0 Å². The minimum absolute atomic E-state index is 0.434. The molecule has 0 spiro atoms. The fraction of sp³-hybridized carbons (Fsp3) is 0.263. The summed E-state index contributed by atoms with van der Waals surface area (Å²) in [5.74, 6) is -2.74. The number of halogens is 1. The van der Waals surface area contributed by atoms with Crippen molar-refractivity contribution in [1.29, 1.82) is 0 Å². The summed E-state index contributed by atoms with van der Waals surface area (Å²) in [5.41, 5.74) is 2.38. The molecule has 1 amide bonds. The minimum atomic E-state index is -4.12. The van der Waals surface area contributed by atoms with E-state index in [1.807, 2.05) is 12.1 Å². The van der Waals surface area contributed by atoms with Crippen LogP contribution in [0.1, 0.15) is 34.8 Å². The number of esters is 1. The Morgan fingerprint density at radius 2 is 1.86 bits per heavy atom. The number of hydrogen-bond donors (Lipinski definition) is 2. The summed E-state index contributed by atoms with van der Waals surface area (Å²) in [6.45, 7) is 1.34. The maximum Gasteiger partial charge on any atom is 0.341 e.